The van der Waals surface area contributed by atoms with E-state index in [1.807, 2.05) is 19.1 Å². The van der Waals surface area contributed by atoms with Gasteiger partial charge < -0.3 is 9.52 Å². The molecule has 74 valence electrons. The van der Waals surface area contributed by atoms with Crippen LogP contribution in [0.5, 0.6) is 0 Å². The SMILES string of the molecule is Cc1ccc(C(O)CCC(C)C)o1. The molecule has 0 fully saturated rings. The highest BCUT2D eigenvalue weighted by Gasteiger charge is 2.11. The van der Waals surface area contributed by atoms with Crippen LogP contribution in [0.15, 0.2) is 16.5 Å². The first-order valence-electron chi connectivity index (χ1n) is 4.84. The van der Waals surface area contributed by atoms with Crippen molar-refractivity contribution in [3.63, 3.8) is 0 Å². The van der Waals surface area contributed by atoms with Gasteiger partial charge in [-0.1, -0.05) is 13.8 Å². The van der Waals surface area contributed by atoms with Crippen molar-refractivity contribution in [3.05, 3.63) is 23.7 Å². The van der Waals surface area contributed by atoms with Crippen LogP contribution in [0.1, 0.15) is 44.3 Å². The molecule has 0 saturated carbocycles. The smallest absolute Gasteiger partial charge is 0.132 e. The summed E-state index contributed by atoms with van der Waals surface area (Å²) >= 11 is 0. The van der Waals surface area contributed by atoms with E-state index in [0.29, 0.717) is 11.7 Å². The molecule has 1 atom stereocenters. The quantitative estimate of drug-likeness (QED) is 0.776. The maximum Gasteiger partial charge on any atom is 0.132 e. The van der Waals surface area contributed by atoms with Crippen molar-refractivity contribution in [1.29, 1.82) is 0 Å². The molecule has 0 amide bonds. The van der Waals surface area contributed by atoms with Crippen LogP contribution in [0.4, 0.5) is 0 Å². The van der Waals surface area contributed by atoms with Crippen molar-refractivity contribution < 1.29 is 9.52 Å². The highest BCUT2D eigenvalue weighted by atomic mass is 16.4. The largest absolute Gasteiger partial charge is 0.464 e. The minimum atomic E-state index is -0.434. The Bertz CT molecular complexity index is 250. The predicted octanol–water partition coefficient (Wildman–Crippen LogP) is 3.06. The van der Waals surface area contributed by atoms with Gasteiger partial charge in [-0.2, -0.15) is 0 Å². The normalized spacial score (nSPS) is 13.6. The number of hydrogen-bond acceptors (Lipinski definition) is 2. The van der Waals surface area contributed by atoms with E-state index in [2.05, 4.69) is 13.8 Å². The molecule has 0 radical (unpaired) electrons. The third kappa shape index (κ3) is 3.23. The lowest BCUT2D eigenvalue weighted by molar-refractivity contribution is 0.132. The second-order valence-electron chi connectivity index (χ2n) is 3.94. The van der Waals surface area contributed by atoms with Gasteiger partial charge in [-0.05, 0) is 37.8 Å². The second kappa shape index (κ2) is 4.47. The number of aliphatic hydroxyl groups is 1. The zero-order valence-electron chi connectivity index (χ0n) is 8.58. The molecular weight excluding hydrogens is 164 g/mol. The summed E-state index contributed by atoms with van der Waals surface area (Å²) in [5.41, 5.74) is 0. The molecule has 1 unspecified atom stereocenters. The first kappa shape index (κ1) is 10.3. The summed E-state index contributed by atoms with van der Waals surface area (Å²) in [6.07, 6.45) is 1.38. The molecule has 0 aromatic carbocycles. The number of aryl methyl sites for hydroxylation is 1. The van der Waals surface area contributed by atoms with Crippen LogP contribution in [0, 0.1) is 12.8 Å². The molecule has 1 N–H and O–H groups in total. The number of aliphatic hydroxyl groups excluding tert-OH is 1. The van der Waals surface area contributed by atoms with Gasteiger partial charge in [-0.3, -0.25) is 0 Å². The highest BCUT2D eigenvalue weighted by molar-refractivity contribution is 5.07. The average Bonchev–Trinajstić information content (AvgIpc) is 2.47. The van der Waals surface area contributed by atoms with Crippen LogP contribution in [0.2, 0.25) is 0 Å². The molecule has 1 aromatic heterocycles. The van der Waals surface area contributed by atoms with E-state index < -0.39 is 6.10 Å². The molecule has 0 aliphatic rings. The molecule has 13 heavy (non-hydrogen) atoms. The minimum absolute atomic E-state index is 0.434. The van der Waals surface area contributed by atoms with E-state index in [0.717, 1.165) is 18.6 Å². The summed E-state index contributed by atoms with van der Waals surface area (Å²) in [4.78, 5) is 0. The standard InChI is InChI=1S/C11H18O2/c1-8(2)4-6-10(12)11-7-5-9(3)13-11/h5,7-8,10,12H,4,6H2,1-3H3. The van der Waals surface area contributed by atoms with Crippen LogP contribution in [-0.2, 0) is 0 Å². The van der Waals surface area contributed by atoms with Gasteiger partial charge in [0.25, 0.3) is 0 Å². The van der Waals surface area contributed by atoms with Crippen molar-refractivity contribution >= 4 is 0 Å². The lowest BCUT2D eigenvalue weighted by Gasteiger charge is -2.09. The molecule has 1 rings (SSSR count). The summed E-state index contributed by atoms with van der Waals surface area (Å²) in [6.45, 7) is 6.19. The van der Waals surface area contributed by atoms with Gasteiger partial charge in [0.05, 0.1) is 0 Å². The molecule has 0 saturated heterocycles. The van der Waals surface area contributed by atoms with Gasteiger partial charge in [0.1, 0.15) is 17.6 Å². The van der Waals surface area contributed by atoms with Gasteiger partial charge in [0.15, 0.2) is 0 Å². The summed E-state index contributed by atoms with van der Waals surface area (Å²) in [6, 6.07) is 3.73. The van der Waals surface area contributed by atoms with Crippen molar-refractivity contribution in [2.24, 2.45) is 5.92 Å². The van der Waals surface area contributed by atoms with Crippen molar-refractivity contribution in [1.82, 2.24) is 0 Å². The minimum Gasteiger partial charge on any atom is -0.464 e. The monoisotopic (exact) mass is 182 g/mol. The average molecular weight is 182 g/mol. The topological polar surface area (TPSA) is 33.4 Å². The maximum atomic E-state index is 9.69. The van der Waals surface area contributed by atoms with Crippen molar-refractivity contribution in [3.8, 4) is 0 Å². The summed E-state index contributed by atoms with van der Waals surface area (Å²) < 4.78 is 5.33. The Balaban J connectivity index is 2.44. The molecule has 0 bridgehead atoms. The Morgan fingerprint density at radius 3 is 2.46 bits per heavy atom. The first-order chi connectivity index (χ1) is 6.09. The summed E-state index contributed by atoms with van der Waals surface area (Å²) in [5.74, 6) is 2.18. The van der Waals surface area contributed by atoms with E-state index in [-0.39, 0.29) is 0 Å². The molecular formula is C11H18O2. The lowest BCUT2D eigenvalue weighted by atomic mass is 10.0. The van der Waals surface area contributed by atoms with Gasteiger partial charge in [0.2, 0.25) is 0 Å². The van der Waals surface area contributed by atoms with Gasteiger partial charge >= 0.3 is 0 Å². The second-order valence-corrected chi connectivity index (χ2v) is 3.94. The van der Waals surface area contributed by atoms with E-state index in [1.165, 1.54) is 0 Å². The molecule has 0 aliphatic carbocycles. The zero-order valence-corrected chi connectivity index (χ0v) is 8.58. The molecule has 0 aliphatic heterocycles. The van der Waals surface area contributed by atoms with E-state index in [1.54, 1.807) is 0 Å². The Morgan fingerprint density at radius 1 is 1.31 bits per heavy atom. The summed E-state index contributed by atoms with van der Waals surface area (Å²) in [5, 5.41) is 9.69. The molecule has 1 aromatic rings. The van der Waals surface area contributed by atoms with E-state index >= 15 is 0 Å². The third-order valence-corrected chi connectivity index (χ3v) is 2.11. The highest BCUT2D eigenvalue weighted by Crippen LogP contribution is 2.22. The van der Waals surface area contributed by atoms with E-state index in [4.69, 9.17) is 4.42 Å². The van der Waals surface area contributed by atoms with Crippen LogP contribution >= 0.6 is 0 Å². The van der Waals surface area contributed by atoms with Gasteiger partial charge in [-0.25, -0.2) is 0 Å². The first-order valence-corrected chi connectivity index (χ1v) is 4.84. The zero-order chi connectivity index (χ0) is 9.84. The van der Waals surface area contributed by atoms with Crippen LogP contribution in [-0.4, -0.2) is 5.11 Å². The molecule has 1 heterocycles. The van der Waals surface area contributed by atoms with Crippen LogP contribution in [0.3, 0.4) is 0 Å². The van der Waals surface area contributed by atoms with E-state index in [9.17, 15) is 5.11 Å². The Kier molecular flexibility index (Phi) is 3.55. The Hall–Kier alpha value is -0.760. The fourth-order valence-electron chi connectivity index (χ4n) is 1.27. The van der Waals surface area contributed by atoms with Crippen molar-refractivity contribution in [2.75, 3.05) is 0 Å². The van der Waals surface area contributed by atoms with Crippen LogP contribution < -0.4 is 0 Å². The lowest BCUT2D eigenvalue weighted by Crippen LogP contribution is -1.98. The van der Waals surface area contributed by atoms with Crippen molar-refractivity contribution in [2.45, 2.75) is 39.7 Å². The Labute approximate surface area is 79.6 Å². The van der Waals surface area contributed by atoms with Gasteiger partial charge in [-0.15, -0.1) is 0 Å². The third-order valence-electron chi connectivity index (χ3n) is 2.11. The molecule has 2 heteroatoms. The number of rotatable bonds is 4. The Morgan fingerprint density at radius 2 is 2.00 bits per heavy atom. The fraction of sp³-hybridized carbons (Fsp3) is 0.636. The number of furan rings is 1. The van der Waals surface area contributed by atoms with Gasteiger partial charge in [0, 0.05) is 0 Å². The fourth-order valence-corrected chi connectivity index (χ4v) is 1.27. The summed E-state index contributed by atoms with van der Waals surface area (Å²) in [7, 11) is 0. The molecule has 2 nitrogen and oxygen atoms in total. The maximum absolute atomic E-state index is 9.69. The number of hydrogen-bond donors (Lipinski definition) is 1. The predicted molar refractivity (Wildman–Crippen MR) is 52.5 cm³/mol. The molecule has 0 spiro atoms. The van der Waals surface area contributed by atoms with Crippen LogP contribution in [0.25, 0.3) is 0 Å².